The second-order valence-electron chi connectivity index (χ2n) is 3.96. The highest BCUT2D eigenvalue weighted by Crippen LogP contribution is 2.63. The van der Waals surface area contributed by atoms with E-state index < -0.39 is 6.09 Å². The molecule has 0 unspecified atom stereocenters. The van der Waals surface area contributed by atoms with E-state index in [2.05, 4.69) is 5.32 Å². The molecule has 0 aliphatic heterocycles. The summed E-state index contributed by atoms with van der Waals surface area (Å²) in [4.78, 5) is 10.1. The largest absolute Gasteiger partial charge is 0.465 e. The third-order valence-electron chi connectivity index (χ3n) is 2.94. The van der Waals surface area contributed by atoms with Gasteiger partial charge in [0.15, 0.2) is 0 Å². The molecule has 0 aromatic heterocycles. The highest BCUT2D eigenvalue weighted by atomic mass is 16.4. The minimum atomic E-state index is -0.887. The first-order valence-electron chi connectivity index (χ1n) is 4.17. The third kappa shape index (κ3) is 1.32. The van der Waals surface area contributed by atoms with Gasteiger partial charge in [-0.15, -0.1) is 0 Å². The fourth-order valence-corrected chi connectivity index (χ4v) is 2.13. The molecule has 11 heavy (non-hydrogen) atoms. The molecule has 2 N–H and O–H groups in total. The lowest BCUT2D eigenvalue weighted by Gasteiger charge is -2.35. The van der Waals surface area contributed by atoms with Crippen LogP contribution in [0.2, 0.25) is 0 Å². The predicted octanol–water partition coefficient (Wildman–Crippen LogP) is 1.44. The van der Waals surface area contributed by atoms with Gasteiger partial charge in [0.25, 0.3) is 0 Å². The number of amides is 1. The average molecular weight is 155 g/mol. The van der Waals surface area contributed by atoms with Crippen molar-refractivity contribution in [2.75, 3.05) is 6.54 Å². The van der Waals surface area contributed by atoms with Crippen molar-refractivity contribution < 1.29 is 9.90 Å². The number of rotatable bonds is 2. The zero-order valence-electron chi connectivity index (χ0n) is 6.47. The van der Waals surface area contributed by atoms with Crippen molar-refractivity contribution in [3.05, 3.63) is 0 Å². The first-order chi connectivity index (χ1) is 5.20. The van der Waals surface area contributed by atoms with Gasteiger partial charge in [-0.1, -0.05) is 0 Å². The van der Waals surface area contributed by atoms with Crippen molar-refractivity contribution in [2.45, 2.75) is 25.7 Å². The second-order valence-corrected chi connectivity index (χ2v) is 3.96. The molecule has 3 nitrogen and oxygen atoms in total. The van der Waals surface area contributed by atoms with Gasteiger partial charge in [-0.25, -0.2) is 4.79 Å². The minimum Gasteiger partial charge on any atom is -0.465 e. The van der Waals surface area contributed by atoms with Crippen molar-refractivity contribution in [3.63, 3.8) is 0 Å². The molecule has 62 valence electrons. The van der Waals surface area contributed by atoms with Gasteiger partial charge < -0.3 is 10.4 Å². The Kier molecular flexibility index (Phi) is 1.34. The molecule has 1 amide bonds. The second kappa shape index (κ2) is 2.13. The summed E-state index contributed by atoms with van der Waals surface area (Å²) in [6.07, 6.45) is 4.40. The van der Waals surface area contributed by atoms with Crippen LogP contribution in [0.3, 0.4) is 0 Å². The van der Waals surface area contributed by atoms with Crippen LogP contribution in [0.1, 0.15) is 25.7 Å². The summed E-state index contributed by atoms with van der Waals surface area (Å²) in [5, 5.41) is 10.7. The van der Waals surface area contributed by atoms with Gasteiger partial charge in [0.05, 0.1) is 0 Å². The topological polar surface area (TPSA) is 49.3 Å². The van der Waals surface area contributed by atoms with Crippen LogP contribution >= 0.6 is 0 Å². The smallest absolute Gasteiger partial charge is 0.404 e. The van der Waals surface area contributed by atoms with E-state index in [0.29, 0.717) is 17.9 Å². The normalized spacial score (nSPS) is 26.2. The van der Waals surface area contributed by atoms with Gasteiger partial charge in [0.1, 0.15) is 0 Å². The Labute approximate surface area is 65.8 Å². The number of hydrogen-bond acceptors (Lipinski definition) is 1. The molecule has 2 fully saturated rings. The Balaban J connectivity index is 1.63. The van der Waals surface area contributed by atoms with E-state index in [9.17, 15) is 4.79 Å². The lowest BCUT2D eigenvalue weighted by molar-refractivity contribution is 0.153. The van der Waals surface area contributed by atoms with Crippen LogP contribution in [0.5, 0.6) is 0 Å². The van der Waals surface area contributed by atoms with E-state index in [1.165, 1.54) is 25.7 Å². The molecular weight excluding hydrogens is 142 g/mol. The Bertz CT molecular complexity index is 179. The van der Waals surface area contributed by atoms with Gasteiger partial charge in [-0.3, -0.25) is 0 Å². The van der Waals surface area contributed by atoms with E-state index in [0.717, 1.165) is 0 Å². The molecule has 0 radical (unpaired) electrons. The van der Waals surface area contributed by atoms with Crippen LogP contribution in [0.25, 0.3) is 0 Å². The van der Waals surface area contributed by atoms with E-state index in [1.54, 1.807) is 0 Å². The van der Waals surface area contributed by atoms with Crippen molar-refractivity contribution in [1.29, 1.82) is 0 Å². The van der Waals surface area contributed by atoms with Crippen LogP contribution in [-0.2, 0) is 0 Å². The maximum Gasteiger partial charge on any atom is 0.404 e. The third-order valence-corrected chi connectivity index (χ3v) is 2.94. The molecule has 0 heterocycles. The van der Waals surface area contributed by atoms with Crippen LogP contribution in [0, 0.1) is 11.3 Å². The molecule has 0 aromatic carbocycles. The molecule has 2 saturated carbocycles. The SMILES string of the molecule is O=C(O)NCC1CC2(CC2)C1. The summed E-state index contributed by atoms with van der Waals surface area (Å²) in [6, 6.07) is 0. The Morgan fingerprint density at radius 3 is 2.64 bits per heavy atom. The van der Waals surface area contributed by atoms with Crippen molar-refractivity contribution in [3.8, 4) is 0 Å². The minimum absolute atomic E-state index is 0.633. The quantitative estimate of drug-likeness (QED) is 0.634. The Morgan fingerprint density at radius 1 is 1.55 bits per heavy atom. The van der Waals surface area contributed by atoms with E-state index in [1.807, 2.05) is 0 Å². The summed E-state index contributed by atoms with van der Waals surface area (Å²) in [5.41, 5.74) is 0.699. The highest BCUT2D eigenvalue weighted by Gasteiger charge is 2.52. The maximum absolute atomic E-state index is 10.1. The monoisotopic (exact) mass is 155 g/mol. The van der Waals surface area contributed by atoms with Gasteiger partial charge in [0.2, 0.25) is 0 Å². The lowest BCUT2D eigenvalue weighted by Crippen LogP contribution is -2.36. The molecule has 3 heteroatoms. The molecular formula is C8H13NO2. The molecule has 0 saturated heterocycles. The molecule has 2 rings (SSSR count). The van der Waals surface area contributed by atoms with E-state index >= 15 is 0 Å². The highest BCUT2D eigenvalue weighted by molar-refractivity contribution is 5.64. The van der Waals surface area contributed by atoms with Crippen LogP contribution in [-0.4, -0.2) is 17.7 Å². The van der Waals surface area contributed by atoms with Crippen LogP contribution < -0.4 is 5.32 Å². The standard InChI is InChI=1S/C8H13NO2/c10-7(11)9-5-6-3-8(4-6)1-2-8/h6,9H,1-5H2,(H,10,11). The summed E-state index contributed by atoms with van der Waals surface area (Å²) in [6.45, 7) is 0.664. The van der Waals surface area contributed by atoms with Crippen molar-refractivity contribution >= 4 is 6.09 Å². The zero-order valence-corrected chi connectivity index (χ0v) is 6.47. The van der Waals surface area contributed by atoms with Gasteiger partial charge in [-0.05, 0) is 37.0 Å². The maximum atomic E-state index is 10.1. The summed E-state index contributed by atoms with van der Waals surface area (Å²) < 4.78 is 0. The Hall–Kier alpha value is -0.730. The molecule has 2 aliphatic carbocycles. The number of carboxylic acid groups (broad SMARTS) is 1. The zero-order chi connectivity index (χ0) is 7.90. The first kappa shape index (κ1) is 6.95. The fourth-order valence-electron chi connectivity index (χ4n) is 2.13. The first-order valence-corrected chi connectivity index (χ1v) is 4.17. The summed E-state index contributed by atoms with van der Waals surface area (Å²) in [7, 11) is 0. The van der Waals surface area contributed by atoms with E-state index in [-0.39, 0.29) is 0 Å². The van der Waals surface area contributed by atoms with E-state index in [4.69, 9.17) is 5.11 Å². The Morgan fingerprint density at radius 2 is 2.18 bits per heavy atom. The fraction of sp³-hybridized carbons (Fsp3) is 0.875. The molecule has 2 aliphatic rings. The number of nitrogens with one attached hydrogen (secondary N) is 1. The molecule has 0 aromatic rings. The lowest BCUT2D eigenvalue weighted by atomic mass is 9.72. The van der Waals surface area contributed by atoms with Gasteiger partial charge in [-0.2, -0.15) is 0 Å². The average Bonchev–Trinajstić information content (AvgIpc) is 2.58. The molecule has 0 atom stereocenters. The number of carbonyl (C=O) groups is 1. The van der Waals surface area contributed by atoms with Crippen LogP contribution in [0.4, 0.5) is 4.79 Å². The summed E-state index contributed by atoms with van der Waals surface area (Å²) in [5.74, 6) is 0.633. The summed E-state index contributed by atoms with van der Waals surface area (Å²) >= 11 is 0. The van der Waals surface area contributed by atoms with Crippen molar-refractivity contribution in [1.82, 2.24) is 5.32 Å². The predicted molar refractivity (Wildman–Crippen MR) is 40.4 cm³/mol. The van der Waals surface area contributed by atoms with Crippen LogP contribution in [0.15, 0.2) is 0 Å². The van der Waals surface area contributed by atoms with Crippen molar-refractivity contribution in [2.24, 2.45) is 11.3 Å². The molecule has 1 spiro atoms. The number of hydrogen-bond donors (Lipinski definition) is 2. The van der Waals surface area contributed by atoms with Gasteiger partial charge in [0, 0.05) is 6.54 Å². The van der Waals surface area contributed by atoms with Gasteiger partial charge >= 0.3 is 6.09 Å². The molecule has 0 bridgehead atoms.